The van der Waals surface area contributed by atoms with Crippen LogP contribution < -0.4 is 10.1 Å². The van der Waals surface area contributed by atoms with E-state index in [1.54, 1.807) is 6.20 Å². The average molecular weight is 272 g/mol. The van der Waals surface area contributed by atoms with Gasteiger partial charge in [0.15, 0.2) is 0 Å². The molecular formula is C15H16N2OS. The van der Waals surface area contributed by atoms with E-state index in [2.05, 4.69) is 16.4 Å². The van der Waals surface area contributed by atoms with Gasteiger partial charge >= 0.3 is 0 Å². The number of thioether (sulfide) groups is 1. The number of hydrogen-bond donors (Lipinski definition) is 1. The van der Waals surface area contributed by atoms with Crippen LogP contribution in [0.15, 0.2) is 48.7 Å². The molecular weight excluding hydrogens is 256 g/mol. The molecule has 1 saturated heterocycles. The largest absolute Gasteiger partial charge is 0.439 e. The maximum atomic E-state index is 5.73. The molecule has 1 atom stereocenters. The molecule has 1 N–H and O–H groups in total. The van der Waals surface area contributed by atoms with E-state index in [1.807, 2.05) is 48.2 Å². The minimum Gasteiger partial charge on any atom is -0.439 e. The van der Waals surface area contributed by atoms with Crippen molar-refractivity contribution in [1.29, 1.82) is 0 Å². The average Bonchev–Trinajstić information content (AvgIpc) is 2.93. The van der Waals surface area contributed by atoms with Crippen molar-refractivity contribution >= 4 is 17.4 Å². The first-order valence-electron chi connectivity index (χ1n) is 6.43. The fourth-order valence-corrected chi connectivity index (χ4v) is 3.21. The van der Waals surface area contributed by atoms with Crippen LogP contribution in [0.3, 0.4) is 0 Å². The quantitative estimate of drug-likeness (QED) is 0.918. The Balaban J connectivity index is 1.69. The van der Waals surface area contributed by atoms with Crippen molar-refractivity contribution in [1.82, 2.24) is 4.98 Å². The summed E-state index contributed by atoms with van der Waals surface area (Å²) in [7, 11) is 0. The monoisotopic (exact) mass is 272 g/mol. The van der Waals surface area contributed by atoms with Crippen LogP contribution in [0.1, 0.15) is 6.42 Å². The van der Waals surface area contributed by atoms with Crippen molar-refractivity contribution in [2.75, 3.05) is 16.8 Å². The number of hydrogen-bond acceptors (Lipinski definition) is 4. The fourth-order valence-electron chi connectivity index (χ4n) is 2.06. The van der Waals surface area contributed by atoms with Gasteiger partial charge in [-0.1, -0.05) is 12.1 Å². The van der Waals surface area contributed by atoms with Crippen LogP contribution >= 0.6 is 11.8 Å². The van der Waals surface area contributed by atoms with Crippen molar-refractivity contribution in [2.24, 2.45) is 0 Å². The summed E-state index contributed by atoms with van der Waals surface area (Å²) in [5.41, 5.74) is 1.11. The Morgan fingerprint density at radius 1 is 1.21 bits per heavy atom. The topological polar surface area (TPSA) is 34.1 Å². The molecule has 3 rings (SSSR count). The summed E-state index contributed by atoms with van der Waals surface area (Å²) in [5.74, 6) is 3.87. The Labute approximate surface area is 117 Å². The van der Waals surface area contributed by atoms with Gasteiger partial charge in [0, 0.05) is 35.8 Å². The molecule has 1 aromatic carbocycles. The maximum absolute atomic E-state index is 5.73. The van der Waals surface area contributed by atoms with Gasteiger partial charge in [0.25, 0.3) is 0 Å². The van der Waals surface area contributed by atoms with Crippen LogP contribution in [-0.2, 0) is 0 Å². The summed E-state index contributed by atoms with van der Waals surface area (Å²) in [6.07, 6.45) is 2.96. The zero-order valence-electron chi connectivity index (χ0n) is 10.6. The van der Waals surface area contributed by atoms with Gasteiger partial charge in [0.05, 0.1) is 0 Å². The van der Waals surface area contributed by atoms with Crippen LogP contribution in [0.25, 0.3) is 0 Å². The van der Waals surface area contributed by atoms with E-state index in [1.165, 1.54) is 17.9 Å². The second kappa shape index (κ2) is 5.97. The molecule has 19 heavy (non-hydrogen) atoms. The summed E-state index contributed by atoms with van der Waals surface area (Å²) in [6, 6.07) is 14.3. The van der Waals surface area contributed by atoms with Gasteiger partial charge in [-0.05, 0) is 30.4 Å². The minimum atomic E-state index is 0.579. The third kappa shape index (κ3) is 3.41. The molecule has 98 valence electrons. The molecule has 0 radical (unpaired) electrons. The van der Waals surface area contributed by atoms with Crippen molar-refractivity contribution in [2.45, 2.75) is 12.5 Å². The first-order valence-corrected chi connectivity index (χ1v) is 7.59. The van der Waals surface area contributed by atoms with Gasteiger partial charge in [0.1, 0.15) is 5.75 Å². The molecule has 0 amide bonds. The summed E-state index contributed by atoms with van der Waals surface area (Å²) in [5, 5.41) is 3.55. The number of aromatic nitrogens is 1. The number of rotatable bonds is 4. The predicted octanol–water partition coefficient (Wildman–Crippen LogP) is 3.79. The third-order valence-electron chi connectivity index (χ3n) is 2.99. The van der Waals surface area contributed by atoms with Gasteiger partial charge in [-0.15, -0.1) is 0 Å². The predicted molar refractivity (Wildman–Crippen MR) is 80.1 cm³/mol. The number of ether oxygens (including phenoxy) is 1. The molecule has 3 nitrogen and oxygen atoms in total. The molecule has 1 fully saturated rings. The minimum absolute atomic E-state index is 0.579. The third-order valence-corrected chi connectivity index (χ3v) is 4.16. The van der Waals surface area contributed by atoms with E-state index in [-0.39, 0.29) is 0 Å². The first-order chi connectivity index (χ1) is 9.40. The first kappa shape index (κ1) is 12.4. The van der Waals surface area contributed by atoms with Gasteiger partial charge < -0.3 is 10.1 Å². The van der Waals surface area contributed by atoms with Crippen LogP contribution in [-0.4, -0.2) is 22.5 Å². The van der Waals surface area contributed by atoms with Crippen LogP contribution in [0.2, 0.25) is 0 Å². The van der Waals surface area contributed by atoms with Crippen LogP contribution in [0, 0.1) is 0 Å². The second-order valence-electron chi connectivity index (χ2n) is 4.50. The Morgan fingerprint density at radius 2 is 2.21 bits per heavy atom. The Kier molecular flexibility index (Phi) is 3.89. The number of pyridine rings is 1. The molecule has 1 unspecified atom stereocenters. The maximum Gasteiger partial charge on any atom is 0.219 e. The molecule has 0 aliphatic carbocycles. The molecule has 1 aromatic heterocycles. The molecule has 1 aliphatic rings. The summed E-state index contributed by atoms with van der Waals surface area (Å²) >= 11 is 2.00. The molecule has 4 heteroatoms. The lowest BCUT2D eigenvalue weighted by Crippen LogP contribution is -2.17. The van der Waals surface area contributed by atoms with Gasteiger partial charge in [-0.3, -0.25) is 0 Å². The molecule has 2 aromatic rings. The van der Waals surface area contributed by atoms with Crippen LogP contribution in [0.4, 0.5) is 5.69 Å². The van der Waals surface area contributed by atoms with Crippen molar-refractivity contribution in [3.63, 3.8) is 0 Å². The summed E-state index contributed by atoms with van der Waals surface area (Å²) < 4.78 is 5.73. The Hall–Kier alpha value is -1.68. The van der Waals surface area contributed by atoms with Crippen molar-refractivity contribution in [3.05, 3.63) is 48.7 Å². The van der Waals surface area contributed by atoms with Gasteiger partial charge in [-0.2, -0.15) is 11.8 Å². The van der Waals surface area contributed by atoms with E-state index in [9.17, 15) is 0 Å². The highest BCUT2D eigenvalue weighted by Gasteiger charge is 2.14. The van der Waals surface area contributed by atoms with Crippen molar-refractivity contribution < 1.29 is 4.74 Å². The normalized spacial score (nSPS) is 18.2. The number of anilines is 1. The summed E-state index contributed by atoms with van der Waals surface area (Å²) in [6.45, 7) is 0. The lowest BCUT2D eigenvalue weighted by atomic mass is 10.2. The van der Waals surface area contributed by atoms with E-state index >= 15 is 0 Å². The molecule has 2 heterocycles. The smallest absolute Gasteiger partial charge is 0.219 e. The lowest BCUT2D eigenvalue weighted by molar-refractivity contribution is 0.463. The van der Waals surface area contributed by atoms with E-state index in [4.69, 9.17) is 4.74 Å². The highest BCUT2D eigenvalue weighted by molar-refractivity contribution is 7.99. The lowest BCUT2D eigenvalue weighted by Gasteiger charge is -2.13. The van der Waals surface area contributed by atoms with E-state index < -0.39 is 0 Å². The fraction of sp³-hybridized carbons (Fsp3) is 0.267. The summed E-state index contributed by atoms with van der Waals surface area (Å²) in [4.78, 5) is 4.16. The molecule has 0 bridgehead atoms. The highest BCUT2D eigenvalue weighted by atomic mass is 32.2. The second-order valence-corrected chi connectivity index (χ2v) is 5.65. The number of nitrogens with zero attached hydrogens (tertiary/aromatic N) is 1. The van der Waals surface area contributed by atoms with Crippen molar-refractivity contribution in [3.8, 4) is 11.6 Å². The highest BCUT2D eigenvalue weighted by Crippen LogP contribution is 2.25. The van der Waals surface area contributed by atoms with E-state index in [0.717, 1.165) is 11.4 Å². The zero-order chi connectivity index (χ0) is 12.9. The SMILES string of the molecule is c1ccc(Oc2cccc(NC3CCSC3)c2)nc1. The Morgan fingerprint density at radius 3 is 3.00 bits per heavy atom. The molecule has 0 saturated carbocycles. The zero-order valence-corrected chi connectivity index (χ0v) is 11.4. The van der Waals surface area contributed by atoms with E-state index in [0.29, 0.717) is 11.9 Å². The standard InChI is InChI=1S/C15H16N2OS/c1-2-8-16-15(6-1)18-14-5-3-4-12(10-14)17-13-7-9-19-11-13/h1-6,8,10,13,17H,7,9,11H2. The van der Waals surface area contributed by atoms with Gasteiger partial charge in [0.2, 0.25) is 5.88 Å². The van der Waals surface area contributed by atoms with Crippen LogP contribution in [0.5, 0.6) is 11.6 Å². The Bertz CT molecular complexity index is 527. The number of nitrogens with one attached hydrogen (secondary N) is 1. The van der Waals surface area contributed by atoms with Gasteiger partial charge in [-0.25, -0.2) is 4.98 Å². The number of benzene rings is 1. The molecule has 1 aliphatic heterocycles. The molecule has 0 spiro atoms.